The van der Waals surface area contributed by atoms with Gasteiger partial charge in [-0.15, -0.1) is 0 Å². The number of nitrogens with two attached hydrogens (primary N) is 1. The Bertz CT molecular complexity index is 613. The Kier molecular flexibility index (Phi) is 4.63. The molecule has 0 saturated carbocycles. The summed E-state index contributed by atoms with van der Waals surface area (Å²) in [6.07, 6.45) is 0.643. The highest BCUT2D eigenvalue weighted by atomic mass is 35.5. The molecule has 0 saturated heterocycles. The quantitative estimate of drug-likeness (QED) is 0.902. The summed E-state index contributed by atoms with van der Waals surface area (Å²) in [6.45, 7) is 3.62. The summed E-state index contributed by atoms with van der Waals surface area (Å²) in [6, 6.07) is 10.2. The molecular formula is C16H17ClFNO. The van der Waals surface area contributed by atoms with E-state index in [2.05, 4.69) is 0 Å². The Morgan fingerprint density at radius 2 is 2.05 bits per heavy atom. The molecule has 0 heterocycles. The minimum Gasteiger partial charge on any atom is -0.455 e. The number of ether oxygens (including phenoxy) is 1. The zero-order chi connectivity index (χ0) is 14.7. The lowest BCUT2D eigenvalue weighted by molar-refractivity contribution is 0.468. The van der Waals surface area contributed by atoms with Crippen molar-refractivity contribution in [3.63, 3.8) is 0 Å². The molecule has 0 aliphatic carbocycles. The van der Waals surface area contributed by atoms with Gasteiger partial charge in [0.1, 0.15) is 17.3 Å². The van der Waals surface area contributed by atoms with Crippen molar-refractivity contribution < 1.29 is 9.13 Å². The Morgan fingerprint density at radius 3 is 2.70 bits per heavy atom. The van der Waals surface area contributed by atoms with E-state index in [1.165, 1.54) is 6.07 Å². The Morgan fingerprint density at radius 1 is 1.30 bits per heavy atom. The summed E-state index contributed by atoms with van der Waals surface area (Å²) in [4.78, 5) is 0. The molecule has 0 bridgehead atoms. The van der Waals surface area contributed by atoms with E-state index in [1.807, 2.05) is 19.1 Å². The van der Waals surface area contributed by atoms with Crippen LogP contribution < -0.4 is 10.5 Å². The van der Waals surface area contributed by atoms with Crippen molar-refractivity contribution in [3.8, 4) is 11.5 Å². The lowest BCUT2D eigenvalue weighted by Gasteiger charge is -2.14. The smallest absolute Gasteiger partial charge is 0.149 e. The molecule has 20 heavy (non-hydrogen) atoms. The highest BCUT2D eigenvalue weighted by Gasteiger charge is 2.12. The summed E-state index contributed by atoms with van der Waals surface area (Å²) in [5.41, 5.74) is 7.31. The minimum absolute atomic E-state index is 0.00873. The second-order valence-electron chi connectivity index (χ2n) is 4.92. The second-order valence-corrected chi connectivity index (χ2v) is 5.33. The van der Waals surface area contributed by atoms with Gasteiger partial charge in [0.25, 0.3) is 0 Å². The summed E-state index contributed by atoms with van der Waals surface area (Å²) in [5.74, 6) is 0.658. The molecule has 2 aromatic rings. The first-order valence-corrected chi connectivity index (χ1v) is 6.82. The first kappa shape index (κ1) is 14.8. The molecule has 0 spiro atoms. The van der Waals surface area contributed by atoms with Gasteiger partial charge >= 0.3 is 0 Å². The van der Waals surface area contributed by atoms with Crippen LogP contribution in [-0.4, -0.2) is 6.04 Å². The summed E-state index contributed by atoms with van der Waals surface area (Å²) >= 11 is 6.17. The van der Waals surface area contributed by atoms with Gasteiger partial charge in [-0.05, 0) is 43.5 Å². The zero-order valence-electron chi connectivity index (χ0n) is 11.5. The molecule has 106 valence electrons. The predicted octanol–water partition coefficient (Wildman–Crippen LogP) is 4.47. The van der Waals surface area contributed by atoms with Crippen LogP contribution in [0.3, 0.4) is 0 Å². The normalized spacial score (nSPS) is 12.2. The van der Waals surface area contributed by atoms with Crippen LogP contribution in [-0.2, 0) is 6.42 Å². The third-order valence-electron chi connectivity index (χ3n) is 2.95. The van der Waals surface area contributed by atoms with Gasteiger partial charge in [-0.25, -0.2) is 4.39 Å². The lowest BCUT2D eigenvalue weighted by atomic mass is 10.1. The monoisotopic (exact) mass is 293 g/mol. The first-order chi connectivity index (χ1) is 9.47. The van der Waals surface area contributed by atoms with Crippen molar-refractivity contribution in [1.29, 1.82) is 0 Å². The molecular weight excluding hydrogens is 277 g/mol. The zero-order valence-corrected chi connectivity index (χ0v) is 12.2. The molecule has 1 unspecified atom stereocenters. The number of hydrogen-bond donors (Lipinski definition) is 1. The van der Waals surface area contributed by atoms with E-state index in [1.54, 1.807) is 25.1 Å². The van der Waals surface area contributed by atoms with Crippen LogP contribution in [0.2, 0.25) is 5.02 Å². The summed E-state index contributed by atoms with van der Waals surface area (Å²) in [7, 11) is 0. The average molecular weight is 294 g/mol. The van der Waals surface area contributed by atoms with Gasteiger partial charge in [0.15, 0.2) is 0 Å². The second kappa shape index (κ2) is 6.25. The molecule has 0 radical (unpaired) electrons. The third-order valence-corrected chi connectivity index (χ3v) is 3.25. The van der Waals surface area contributed by atoms with Crippen molar-refractivity contribution in [1.82, 2.24) is 0 Å². The standard InChI is InChI=1S/C16H17ClFNO/c1-10-6-7-13(9-15(10)18)20-16-12(8-11(2)19)4-3-5-14(16)17/h3-7,9,11H,8,19H2,1-2H3. The molecule has 0 aliphatic heterocycles. The number of rotatable bonds is 4. The molecule has 0 aromatic heterocycles. The maximum Gasteiger partial charge on any atom is 0.149 e. The number of halogens is 2. The molecule has 0 amide bonds. The van der Waals surface area contributed by atoms with Crippen molar-refractivity contribution in [2.24, 2.45) is 5.73 Å². The van der Waals surface area contributed by atoms with Crippen LogP contribution in [0.5, 0.6) is 11.5 Å². The van der Waals surface area contributed by atoms with Crippen molar-refractivity contribution in [2.75, 3.05) is 0 Å². The van der Waals surface area contributed by atoms with E-state index in [9.17, 15) is 4.39 Å². The molecule has 0 aliphatic rings. The predicted molar refractivity (Wildman–Crippen MR) is 80.0 cm³/mol. The number of aryl methyl sites for hydroxylation is 1. The van der Waals surface area contributed by atoms with Crippen LogP contribution in [0, 0.1) is 12.7 Å². The van der Waals surface area contributed by atoms with Crippen LogP contribution in [0.25, 0.3) is 0 Å². The van der Waals surface area contributed by atoms with Gasteiger partial charge < -0.3 is 10.5 Å². The van der Waals surface area contributed by atoms with Crippen LogP contribution in [0.15, 0.2) is 36.4 Å². The minimum atomic E-state index is -0.303. The first-order valence-electron chi connectivity index (χ1n) is 6.44. The largest absolute Gasteiger partial charge is 0.455 e. The van der Waals surface area contributed by atoms with E-state index in [0.29, 0.717) is 28.5 Å². The highest BCUT2D eigenvalue weighted by molar-refractivity contribution is 6.32. The Hall–Kier alpha value is -1.58. The maximum atomic E-state index is 13.6. The van der Waals surface area contributed by atoms with E-state index < -0.39 is 0 Å². The Balaban J connectivity index is 2.34. The van der Waals surface area contributed by atoms with Gasteiger partial charge in [-0.1, -0.05) is 29.8 Å². The molecule has 2 aromatic carbocycles. The van der Waals surface area contributed by atoms with E-state index in [0.717, 1.165) is 5.56 Å². The van der Waals surface area contributed by atoms with Crippen molar-refractivity contribution in [2.45, 2.75) is 26.3 Å². The maximum absolute atomic E-state index is 13.6. The summed E-state index contributed by atoms with van der Waals surface area (Å²) in [5, 5.41) is 0.490. The van der Waals surface area contributed by atoms with Gasteiger partial charge in [0.2, 0.25) is 0 Å². The molecule has 2 nitrogen and oxygen atoms in total. The molecule has 4 heteroatoms. The number of benzene rings is 2. The summed E-state index contributed by atoms with van der Waals surface area (Å²) < 4.78 is 19.3. The topological polar surface area (TPSA) is 35.2 Å². The average Bonchev–Trinajstić information content (AvgIpc) is 2.37. The SMILES string of the molecule is Cc1ccc(Oc2c(Cl)cccc2CC(C)N)cc1F. The van der Waals surface area contributed by atoms with Crippen LogP contribution >= 0.6 is 11.6 Å². The lowest BCUT2D eigenvalue weighted by Crippen LogP contribution is -2.18. The molecule has 2 rings (SSSR count). The van der Waals surface area contributed by atoms with Gasteiger partial charge in [-0.3, -0.25) is 0 Å². The molecule has 0 fully saturated rings. The van der Waals surface area contributed by atoms with E-state index in [4.69, 9.17) is 22.1 Å². The van der Waals surface area contributed by atoms with Crippen molar-refractivity contribution >= 4 is 11.6 Å². The Labute approximate surface area is 123 Å². The number of hydrogen-bond acceptors (Lipinski definition) is 2. The van der Waals surface area contributed by atoms with Crippen LogP contribution in [0.4, 0.5) is 4.39 Å². The fraction of sp³-hybridized carbons (Fsp3) is 0.250. The van der Waals surface area contributed by atoms with Gasteiger partial charge in [0.05, 0.1) is 5.02 Å². The number of para-hydroxylation sites is 1. The van der Waals surface area contributed by atoms with Gasteiger partial charge in [0, 0.05) is 12.1 Å². The third kappa shape index (κ3) is 3.50. The van der Waals surface area contributed by atoms with Crippen molar-refractivity contribution in [3.05, 3.63) is 58.4 Å². The molecule has 1 atom stereocenters. The fourth-order valence-corrected chi connectivity index (χ4v) is 2.16. The van der Waals surface area contributed by atoms with E-state index >= 15 is 0 Å². The van der Waals surface area contributed by atoms with Gasteiger partial charge in [-0.2, -0.15) is 0 Å². The van der Waals surface area contributed by atoms with E-state index in [-0.39, 0.29) is 11.9 Å². The molecule has 2 N–H and O–H groups in total. The van der Waals surface area contributed by atoms with Crippen LogP contribution in [0.1, 0.15) is 18.1 Å². The fourth-order valence-electron chi connectivity index (χ4n) is 1.93. The highest BCUT2D eigenvalue weighted by Crippen LogP contribution is 2.34.